The molecule has 1 aromatic carbocycles. The van der Waals surface area contributed by atoms with Crippen molar-refractivity contribution in [3.8, 4) is 5.75 Å². The van der Waals surface area contributed by atoms with Crippen LogP contribution in [0, 0.1) is 3.57 Å². The average Bonchev–Trinajstić information content (AvgIpc) is 1.99. The summed E-state index contributed by atoms with van der Waals surface area (Å²) in [7, 11) is 0. The van der Waals surface area contributed by atoms with E-state index in [9.17, 15) is 0 Å². The smallest absolute Gasteiger partial charge is 0.121 e. The molecule has 0 spiro atoms. The Morgan fingerprint density at radius 3 is 2.75 bits per heavy atom. The monoisotopic (exact) mass is 341 g/mol. The highest BCUT2D eigenvalue weighted by Gasteiger charge is 1.96. The van der Waals surface area contributed by atoms with E-state index in [1.165, 1.54) is 0 Å². The van der Waals surface area contributed by atoms with Crippen molar-refractivity contribution in [2.45, 2.75) is 0 Å². The minimum atomic E-state index is 0.545. The molecule has 0 saturated carbocycles. The highest BCUT2D eigenvalue weighted by Crippen LogP contribution is 2.22. The van der Waals surface area contributed by atoms with Crippen molar-refractivity contribution < 1.29 is 4.74 Å². The molecule has 12 heavy (non-hydrogen) atoms. The van der Waals surface area contributed by atoms with Gasteiger partial charge >= 0.3 is 0 Å². The predicted molar refractivity (Wildman–Crippen MR) is 61.4 cm³/mol. The van der Waals surface area contributed by atoms with Crippen molar-refractivity contribution in [1.82, 2.24) is 0 Å². The Morgan fingerprint density at radius 1 is 1.42 bits per heavy atom. The van der Waals surface area contributed by atoms with E-state index in [0.29, 0.717) is 13.2 Å². The SMILES string of the molecule is NCCOc1cc(Br)cc(I)c1. The lowest BCUT2D eigenvalue weighted by Gasteiger charge is -2.04. The van der Waals surface area contributed by atoms with Crippen LogP contribution >= 0.6 is 38.5 Å². The van der Waals surface area contributed by atoms with Gasteiger partial charge in [-0.25, -0.2) is 0 Å². The molecule has 2 nitrogen and oxygen atoms in total. The molecule has 0 aliphatic carbocycles. The average molecular weight is 342 g/mol. The van der Waals surface area contributed by atoms with Crippen LogP contribution in [0.4, 0.5) is 0 Å². The van der Waals surface area contributed by atoms with Gasteiger partial charge < -0.3 is 10.5 Å². The topological polar surface area (TPSA) is 35.2 Å². The molecule has 0 aromatic heterocycles. The molecule has 0 radical (unpaired) electrons. The highest BCUT2D eigenvalue weighted by atomic mass is 127. The Labute approximate surface area is 93.7 Å². The number of hydrogen-bond acceptors (Lipinski definition) is 2. The quantitative estimate of drug-likeness (QED) is 0.857. The van der Waals surface area contributed by atoms with E-state index >= 15 is 0 Å². The molecule has 0 fully saturated rings. The molecule has 0 aliphatic heterocycles. The number of hydrogen-bond donors (Lipinski definition) is 1. The molecule has 0 bridgehead atoms. The Balaban J connectivity index is 2.72. The summed E-state index contributed by atoms with van der Waals surface area (Å²) >= 11 is 5.63. The van der Waals surface area contributed by atoms with E-state index in [1.807, 2.05) is 18.2 Å². The third kappa shape index (κ3) is 3.28. The molecular formula is C8H9BrINO. The lowest BCUT2D eigenvalue weighted by molar-refractivity contribution is 0.328. The summed E-state index contributed by atoms with van der Waals surface area (Å²) in [4.78, 5) is 0. The first kappa shape index (κ1) is 10.3. The zero-order valence-corrected chi connectivity index (χ0v) is 10.1. The van der Waals surface area contributed by atoms with Crippen molar-refractivity contribution in [3.05, 3.63) is 26.2 Å². The molecule has 1 rings (SSSR count). The summed E-state index contributed by atoms with van der Waals surface area (Å²) in [5, 5.41) is 0. The van der Waals surface area contributed by atoms with Crippen molar-refractivity contribution in [2.75, 3.05) is 13.2 Å². The van der Waals surface area contributed by atoms with Crippen LogP contribution in [0.3, 0.4) is 0 Å². The largest absolute Gasteiger partial charge is 0.492 e. The second kappa shape index (κ2) is 5.04. The van der Waals surface area contributed by atoms with Crippen LogP contribution in [0.1, 0.15) is 0 Å². The molecule has 66 valence electrons. The van der Waals surface area contributed by atoms with Crippen LogP contribution in [0.25, 0.3) is 0 Å². The summed E-state index contributed by atoms with van der Waals surface area (Å²) in [6, 6.07) is 5.93. The number of benzene rings is 1. The van der Waals surface area contributed by atoms with Crippen molar-refractivity contribution in [2.24, 2.45) is 5.73 Å². The number of ether oxygens (including phenoxy) is 1. The number of rotatable bonds is 3. The van der Waals surface area contributed by atoms with E-state index in [2.05, 4.69) is 38.5 Å². The molecule has 0 atom stereocenters. The van der Waals surface area contributed by atoms with Crippen molar-refractivity contribution >= 4 is 38.5 Å². The van der Waals surface area contributed by atoms with Crippen molar-refractivity contribution in [1.29, 1.82) is 0 Å². The maximum Gasteiger partial charge on any atom is 0.121 e. The summed E-state index contributed by atoms with van der Waals surface area (Å²) in [6.07, 6.45) is 0. The van der Waals surface area contributed by atoms with Gasteiger partial charge in [0.25, 0.3) is 0 Å². The van der Waals surface area contributed by atoms with Crippen LogP contribution in [-0.4, -0.2) is 13.2 Å². The third-order valence-electron chi connectivity index (χ3n) is 1.22. The van der Waals surface area contributed by atoms with E-state index in [4.69, 9.17) is 10.5 Å². The zero-order valence-electron chi connectivity index (χ0n) is 6.39. The van der Waals surface area contributed by atoms with Gasteiger partial charge in [0.2, 0.25) is 0 Å². The predicted octanol–water partition coefficient (Wildman–Crippen LogP) is 2.39. The normalized spacial score (nSPS) is 9.92. The van der Waals surface area contributed by atoms with Gasteiger partial charge in [-0.2, -0.15) is 0 Å². The first-order valence-corrected chi connectivity index (χ1v) is 5.38. The second-order valence-corrected chi connectivity index (χ2v) is 4.40. The van der Waals surface area contributed by atoms with Gasteiger partial charge in [0.05, 0.1) is 0 Å². The van der Waals surface area contributed by atoms with Crippen LogP contribution in [0.5, 0.6) is 5.75 Å². The van der Waals surface area contributed by atoms with E-state index in [0.717, 1.165) is 13.8 Å². The molecular weight excluding hydrogens is 333 g/mol. The van der Waals surface area contributed by atoms with Crippen LogP contribution in [0.15, 0.2) is 22.7 Å². The number of halogens is 2. The molecule has 0 amide bonds. The fraction of sp³-hybridized carbons (Fsp3) is 0.250. The highest BCUT2D eigenvalue weighted by molar-refractivity contribution is 14.1. The molecule has 0 saturated heterocycles. The molecule has 1 aromatic rings. The van der Waals surface area contributed by atoms with Gasteiger partial charge in [-0.15, -0.1) is 0 Å². The number of nitrogens with two attached hydrogens (primary N) is 1. The van der Waals surface area contributed by atoms with Crippen LogP contribution < -0.4 is 10.5 Å². The lowest BCUT2D eigenvalue weighted by Crippen LogP contribution is -2.10. The molecule has 2 N–H and O–H groups in total. The first-order valence-electron chi connectivity index (χ1n) is 3.51. The molecule has 4 heteroatoms. The molecule has 0 unspecified atom stereocenters. The van der Waals surface area contributed by atoms with Gasteiger partial charge in [-0.05, 0) is 40.8 Å². The third-order valence-corrected chi connectivity index (χ3v) is 2.30. The zero-order chi connectivity index (χ0) is 8.97. The van der Waals surface area contributed by atoms with Crippen molar-refractivity contribution in [3.63, 3.8) is 0 Å². The van der Waals surface area contributed by atoms with Gasteiger partial charge in [0.15, 0.2) is 0 Å². The van der Waals surface area contributed by atoms with E-state index < -0.39 is 0 Å². The molecule has 0 aliphatic rings. The van der Waals surface area contributed by atoms with Crippen LogP contribution in [-0.2, 0) is 0 Å². The van der Waals surface area contributed by atoms with Gasteiger partial charge in [0.1, 0.15) is 12.4 Å². The minimum Gasteiger partial charge on any atom is -0.492 e. The Kier molecular flexibility index (Phi) is 4.31. The van der Waals surface area contributed by atoms with Gasteiger partial charge in [0, 0.05) is 14.6 Å². The van der Waals surface area contributed by atoms with Gasteiger partial charge in [-0.1, -0.05) is 15.9 Å². The van der Waals surface area contributed by atoms with Crippen LogP contribution in [0.2, 0.25) is 0 Å². The second-order valence-electron chi connectivity index (χ2n) is 2.24. The summed E-state index contributed by atoms with van der Waals surface area (Å²) in [5.41, 5.74) is 5.31. The maximum atomic E-state index is 5.36. The summed E-state index contributed by atoms with van der Waals surface area (Å²) in [6.45, 7) is 1.11. The fourth-order valence-corrected chi connectivity index (χ4v) is 2.33. The maximum absolute atomic E-state index is 5.36. The van der Waals surface area contributed by atoms with E-state index in [1.54, 1.807) is 0 Å². The fourth-order valence-electron chi connectivity index (χ4n) is 0.789. The Bertz CT molecular complexity index is 247. The summed E-state index contributed by atoms with van der Waals surface area (Å²) < 4.78 is 7.53. The Morgan fingerprint density at radius 2 is 2.17 bits per heavy atom. The standard InChI is InChI=1S/C8H9BrINO/c9-6-3-7(10)5-8(4-6)12-2-1-11/h3-5H,1-2,11H2. The minimum absolute atomic E-state index is 0.545. The Hall–Kier alpha value is 0.190. The first-order chi connectivity index (χ1) is 5.72. The molecule has 0 heterocycles. The lowest BCUT2D eigenvalue weighted by atomic mass is 10.3. The van der Waals surface area contributed by atoms with E-state index in [-0.39, 0.29) is 0 Å². The summed E-state index contributed by atoms with van der Waals surface area (Å²) in [5.74, 6) is 0.860. The van der Waals surface area contributed by atoms with Gasteiger partial charge in [-0.3, -0.25) is 0 Å².